The molecule has 0 aromatic heterocycles. The Morgan fingerprint density at radius 1 is 1.47 bits per heavy atom. The minimum atomic E-state index is -3.48. The zero-order chi connectivity index (χ0) is 13.1. The van der Waals surface area contributed by atoms with E-state index in [1.54, 1.807) is 38.1 Å². The van der Waals surface area contributed by atoms with E-state index in [1.165, 1.54) is 0 Å². The highest BCUT2D eigenvalue weighted by Gasteiger charge is 2.17. The van der Waals surface area contributed by atoms with Crippen molar-refractivity contribution in [3.05, 3.63) is 29.8 Å². The van der Waals surface area contributed by atoms with E-state index in [1.807, 2.05) is 0 Å². The lowest BCUT2D eigenvalue weighted by Crippen LogP contribution is -2.33. The maximum atomic E-state index is 12.0. The molecule has 0 heterocycles. The third-order valence-electron chi connectivity index (χ3n) is 2.45. The molecule has 0 aliphatic heterocycles. The average Bonchev–Trinajstić information content (AvgIpc) is 2.26. The summed E-state index contributed by atoms with van der Waals surface area (Å²) in [6.45, 7) is 3.75. The molecule has 1 rings (SSSR count). The zero-order valence-corrected chi connectivity index (χ0v) is 11.4. The number of hydrogen-bond acceptors (Lipinski definition) is 3. The van der Waals surface area contributed by atoms with Gasteiger partial charge in [-0.25, -0.2) is 13.1 Å². The van der Waals surface area contributed by atoms with Crippen molar-refractivity contribution in [2.24, 2.45) is 11.7 Å². The summed E-state index contributed by atoms with van der Waals surface area (Å²) in [7, 11) is -3.48. The summed E-state index contributed by atoms with van der Waals surface area (Å²) < 4.78 is 26.5. The maximum Gasteiger partial charge on any atom is 0.240 e. The number of nitrogens with two attached hydrogens (primary N) is 1. The molecule has 0 radical (unpaired) electrons. The predicted octanol–water partition coefficient (Wildman–Crippen LogP) is 1.20. The van der Waals surface area contributed by atoms with Gasteiger partial charge in [-0.05, 0) is 18.6 Å². The van der Waals surface area contributed by atoms with Gasteiger partial charge in [-0.15, -0.1) is 0 Å². The normalized spacial score (nSPS) is 13.3. The Morgan fingerprint density at radius 3 is 2.59 bits per heavy atom. The molecule has 0 amide bonds. The Balaban J connectivity index is 2.84. The average molecular weight is 272 g/mol. The van der Waals surface area contributed by atoms with E-state index in [9.17, 15) is 8.42 Å². The van der Waals surface area contributed by atoms with Gasteiger partial charge < -0.3 is 5.73 Å². The number of thiocarbonyl (C=S) groups is 1. The first-order valence-electron chi connectivity index (χ1n) is 5.19. The van der Waals surface area contributed by atoms with Gasteiger partial charge in [0.2, 0.25) is 10.0 Å². The van der Waals surface area contributed by atoms with Gasteiger partial charge in [-0.1, -0.05) is 37.3 Å². The number of benzene rings is 1. The van der Waals surface area contributed by atoms with Crippen LogP contribution in [0.3, 0.4) is 0 Å². The molecule has 3 N–H and O–H groups in total. The molecule has 17 heavy (non-hydrogen) atoms. The third kappa shape index (κ3) is 3.76. The lowest BCUT2D eigenvalue weighted by Gasteiger charge is -2.12. The number of aryl methyl sites for hydroxylation is 1. The van der Waals surface area contributed by atoms with Crippen molar-refractivity contribution >= 4 is 27.2 Å². The fourth-order valence-electron chi connectivity index (χ4n) is 1.27. The molecule has 1 aromatic rings. The summed E-state index contributed by atoms with van der Waals surface area (Å²) in [5.41, 5.74) is 6.14. The lowest BCUT2D eigenvalue weighted by atomic mass is 10.2. The summed E-state index contributed by atoms with van der Waals surface area (Å²) in [6, 6.07) is 6.82. The largest absolute Gasteiger partial charge is 0.393 e. The van der Waals surface area contributed by atoms with Crippen molar-refractivity contribution in [3.8, 4) is 0 Å². The van der Waals surface area contributed by atoms with Crippen molar-refractivity contribution in [1.29, 1.82) is 0 Å². The monoisotopic (exact) mass is 272 g/mol. The summed E-state index contributed by atoms with van der Waals surface area (Å²) in [5, 5.41) is 0. The highest BCUT2D eigenvalue weighted by Crippen LogP contribution is 2.13. The number of rotatable bonds is 5. The van der Waals surface area contributed by atoms with Crippen LogP contribution in [0.2, 0.25) is 0 Å². The van der Waals surface area contributed by atoms with Gasteiger partial charge in [0.15, 0.2) is 0 Å². The molecular formula is C11H16N2O2S2. The summed E-state index contributed by atoms with van der Waals surface area (Å²) >= 11 is 4.79. The Labute approximate surface area is 107 Å². The van der Waals surface area contributed by atoms with Gasteiger partial charge in [-0.2, -0.15) is 0 Å². The van der Waals surface area contributed by atoms with Crippen LogP contribution < -0.4 is 10.5 Å². The standard InChI is InChI=1S/C11H16N2O2S2/c1-8-5-3-4-6-10(8)17(14,15)13-7-9(2)11(12)16/h3-6,9,13H,7H2,1-2H3,(H2,12,16). The topological polar surface area (TPSA) is 72.2 Å². The highest BCUT2D eigenvalue weighted by atomic mass is 32.2. The Hall–Kier alpha value is -0.980. The molecule has 0 aliphatic carbocycles. The van der Waals surface area contributed by atoms with Gasteiger partial charge >= 0.3 is 0 Å². The molecule has 6 heteroatoms. The van der Waals surface area contributed by atoms with Crippen LogP contribution in [0.25, 0.3) is 0 Å². The van der Waals surface area contributed by atoms with Crippen LogP contribution in [0, 0.1) is 12.8 Å². The molecule has 0 aliphatic rings. The van der Waals surface area contributed by atoms with E-state index in [0.29, 0.717) is 10.6 Å². The van der Waals surface area contributed by atoms with Gasteiger partial charge in [0, 0.05) is 12.5 Å². The number of nitrogens with one attached hydrogen (secondary N) is 1. The maximum absolute atomic E-state index is 12.0. The van der Waals surface area contributed by atoms with Gasteiger partial charge in [0.1, 0.15) is 0 Å². The molecule has 94 valence electrons. The van der Waals surface area contributed by atoms with E-state index >= 15 is 0 Å². The van der Waals surface area contributed by atoms with Crippen molar-refractivity contribution in [2.75, 3.05) is 6.54 Å². The van der Waals surface area contributed by atoms with Gasteiger partial charge in [0.05, 0.1) is 9.88 Å². The van der Waals surface area contributed by atoms with Crippen molar-refractivity contribution in [1.82, 2.24) is 4.72 Å². The minimum absolute atomic E-state index is 0.163. The van der Waals surface area contributed by atoms with Gasteiger partial charge in [-0.3, -0.25) is 0 Å². The van der Waals surface area contributed by atoms with Crippen LogP contribution in [-0.2, 0) is 10.0 Å². The lowest BCUT2D eigenvalue weighted by molar-refractivity contribution is 0.574. The smallest absolute Gasteiger partial charge is 0.240 e. The molecule has 4 nitrogen and oxygen atoms in total. The fraction of sp³-hybridized carbons (Fsp3) is 0.364. The molecule has 1 atom stereocenters. The quantitative estimate of drug-likeness (QED) is 0.790. The van der Waals surface area contributed by atoms with Crippen LogP contribution in [0.5, 0.6) is 0 Å². The second-order valence-electron chi connectivity index (χ2n) is 3.92. The van der Waals surface area contributed by atoms with E-state index in [2.05, 4.69) is 4.72 Å². The first-order valence-corrected chi connectivity index (χ1v) is 7.08. The molecule has 0 fully saturated rings. The first-order chi connectivity index (χ1) is 7.84. The number of hydrogen-bond donors (Lipinski definition) is 2. The van der Waals surface area contributed by atoms with Crippen LogP contribution >= 0.6 is 12.2 Å². The van der Waals surface area contributed by atoms with E-state index in [4.69, 9.17) is 18.0 Å². The summed E-state index contributed by atoms with van der Waals surface area (Å²) in [4.78, 5) is 0.590. The molecule has 0 spiro atoms. The minimum Gasteiger partial charge on any atom is -0.393 e. The molecule has 0 saturated heterocycles. The summed E-state index contributed by atoms with van der Waals surface area (Å²) in [6.07, 6.45) is 0. The van der Waals surface area contributed by atoms with Crippen LogP contribution in [-0.4, -0.2) is 20.0 Å². The second kappa shape index (κ2) is 5.57. The molecular weight excluding hydrogens is 256 g/mol. The van der Waals surface area contributed by atoms with Crippen molar-refractivity contribution in [2.45, 2.75) is 18.7 Å². The SMILES string of the molecule is Cc1ccccc1S(=O)(=O)NCC(C)C(N)=S. The van der Waals surface area contributed by atoms with E-state index in [-0.39, 0.29) is 17.4 Å². The molecule has 0 bridgehead atoms. The van der Waals surface area contributed by atoms with Crippen molar-refractivity contribution < 1.29 is 8.42 Å². The Kier molecular flexibility index (Phi) is 4.62. The first kappa shape index (κ1) is 14.1. The highest BCUT2D eigenvalue weighted by molar-refractivity contribution is 7.89. The van der Waals surface area contributed by atoms with Crippen LogP contribution in [0.15, 0.2) is 29.2 Å². The Morgan fingerprint density at radius 2 is 2.06 bits per heavy atom. The number of sulfonamides is 1. The van der Waals surface area contributed by atoms with Crippen LogP contribution in [0.4, 0.5) is 0 Å². The third-order valence-corrected chi connectivity index (χ3v) is 4.43. The van der Waals surface area contributed by atoms with E-state index < -0.39 is 10.0 Å². The molecule has 1 unspecified atom stereocenters. The van der Waals surface area contributed by atoms with Crippen molar-refractivity contribution in [3.63, 3.8) is 0 Å². The molecule has 1 aromatic carbocycles. The second-order valence-corrected chi connectivity index (χ2v) is 6.13. The Bertz CT molecular complexity index is 512. The zero-order valence-electron chi connectivity index (χ0n) is 9.80. The van der Waals surface area contributed by atoms with Gasteiger partial charge in [0.25, 0.3) is 0 Å². The fourth-order valence-corrected chi connectivity index (χ4v) is 2.73. The van der Waals surface area contributed by atoms with E-state index in [0.717, 1.165) is 0 Å². The summed E-state index contributed by atoms with van der Waals surface area (Å²) in [5.74, 6) is -0.163. The molecule has 0 saturated carbocycles. The van der Waals surface area contributed by atoms with Crippen LogP contribution in [0.1, 0.15) is 12.5 Å². The predicted molar refractivity (Wildman–Crippen MR) is 72.3 cm³/mol.